The lowest BCUT2D eigenvalue weighted by Gasteiger charge is -2.08. The number of nitrogens with zero attached hydrogens (tertiary/aromatic N) is 3. The molecule has 0 bridgehead atoms. The largest absolute Gasteiger partial charge is 0.326 e. The predicted octanol–water partition coefficient (Wildman–Crippen LogP) is 2.40. The van der Waals surface area contributed by atoms with Gasteiger partial charge in [0, 0.05) is 31.5 Å². The summed E-state index contributed by atoms with van der Waals surface area (Å²) in [5.74, 6) is -0.528. The maximum Gasteiger partial charge on any atom is 0.272 e. The molecule has 0 aliphatic carbocycles. The Balaban J connectivity index is 1.68. The van der Waals surface area contributed by atoms with Crippen molar-refractivity contribution in [1.82, 2.24) is 14.0 Å². The summed E-state index contributed by atoms with van der Waals surface area (Å²) in [5, 5.41) is 5.83. The van der Waals surface area contributed by atoms with Crippen LogP contribution < -0.4 is 16.2 Å². The zero-order chi connectivity index (χ0) is 19.8. The van der Waals surface area contributed by atoms with Gasteiger partial charge in [0.25, 0.3) is 11.5 Å². The summed E-state index contributed by atoms with van der Waals surface area (Å²) in [4.78, 5) is 41.0. The lowest BCUT2D eigenvalue weighted by atomic mass is 10.2. The van der Waals surface area contributed by atoms with Crippen LogP contribution in [-0.2, 0) is 11.8 Å². The fourth-order valence-corrected chi connectivity index (χ4v) is 3.07. The summed E-state index contributed by atoms with van der Waals surface area (Å²) in [6.45, 7) is 1.43. The molecular formula is C20H17N5O3. The summed E-state index contributed by atoms with van der Waals surface area (Å²) in [5.41, 5.74) is 2.26. The number of pyridine rings is 1. The fourth-order valence-electron chi connectivity index (χ4n) is 3.07. The van der Waals surface area contributed by atoms with E-state index < -0.39 is 0 Å². The first-order valence-electron chi connectivity index (χ1n) is 8.60. The van der Waals surface area contributed by atoms with Crippen molar-refractivity contribution in [2.45, 2.75) is 6.92 Å². The number of nitrogens with one attached hydrogen (secondary N) is 2. The Morgan fingerprint density at radius 2 is 1.68 bits per heavy atom. The van der Waals surface area contributed by atoms with E-state index in [-0.39, 0.29) is 17.4 Å². The van der Waals surface area contributed by atoms with E-state index in [2.05, 4.69) is 15.6 Å². The standard InChI is InChI=1S/C20H17N5O3/c1-12(26)21-13-6-8-14(9-7-13)22-19(27)16-11-15-18(24(16)2)23-17-5-3-4-10-25(17)20(15)28/h3-11H,1-2H3,(H,21,26)(H,22,27). The first-order valence-corrected chi connectivity index (χ1v) is 8.60. The highest BCUT2D eigenvalue weighted by Gasteiger charge is 2.17. The van der Waals surface area contributed by atoms with Gasteiger partial charge in [0.05, 0.1) is 5.39 Å². The average Bonchev–Trinajstić information content (AvgIpc) is 3.00. The third kappa shape index (κ3) is 3.01. The summed E-state index contributed by atoms with van der Waals surface area (Å²) in [6.07, 6.45) is 1.65. The fraction of sp³-hybridized carbons (Fsp3) is 0.100. The number of aryl methyl sites for hydroxylation is 1. The monoisotopic (exact) mass is 375 g/mol. The summed E-state index contributed by atoms with van der Waals surface area (Å²) < 4.78 is 3.05. The molecule has 3 aromatic heterocycles. The second-order valence-corrected chi connectivity index (χ2v) is 6.38. The third-order valence-electron chi connectivity index (χ3n) is 4.40. The van der Waals surface area contributed by atoms with Gasteiger partial charge in [-0.1, -0.05) is 6.07 Å². The van der Waals surface area contributed by atoms with Crippen LogP contribution in [0.5, 0.6) is 0 Å². The van der Waals surface area contributed by atoms with Crippen LogP contribution in [0.3, 0.4) is 0 Å². The maximum atomic E-state index is 12.7. The number of hydrogen-bond donors (Lipinski definition) is 2. The molecule has 0 atom stereocenters. The first kappa shape index (κ1) is 17.5. The van der Waals surface area contributed by atoms with Crippen molar-refractivity contribution in [1.29, 1.82) is 0 Å². The number of carbonyl (C=O) groups is 2. The molecule has 0 spiro atoms. The molecule has 4 aromatic rings. The van der Waals surface area contributed by atoms with Gasteiger partial charge in [-0.05, 0) is 42.5 Å². The number of fused-ring (bicyclic) bond motifs is 2. The second kappa shape index (κ2) is 6.66. The van der Waals surface area contributed by atoms with Gasteiger partial charge in [0.15, 0.2) is 0 Å². The molecule has 3 heterocycles. The highest BCUT2D eigenvalue weighted by Crippen LogP contribution is 2.18. The molecule has 0 unspecified atom stereocenters. The molecule has 1 aromatic carbocycles. The number of carbonyl (C=O) groups excluding carboxylic acids is 2. The van der Waals surface area contributed by atoms with Crippen molar-refractivity contribution in [2.75, 3.05) is 10.6 Å². The van der Waals surface area contributed by atoms with Crippen LogP contribution in [0.4, 0.5) is 11.4 Å². The van der Waals surface area contributed by atoms with E-state index in [1.807, 2.05) is 0 Å². The minimum Gasteiger partial charge on any atom is -0.326 e. The van der Waals surface area contributed by atoms with E-state index >= 15 is 0 Å². The lowest BCUT2D eigenvalue weighted by molar-refractivity contribution is -0.114. The number of aromatic nitrogens is 3. The average molecular weight is 375 g/mol. The molecule has 140 valence electrons. The minimum absolute atomic E-state index is 0.168. The number of benzene rings is 1. The summed E-state index contributed by atoms with van der Waals surface area (Å²) in [6, 6.07) is 13.6. The van der Waals surface area contributed by atoms with Gasteiger partial charge in [-0.15, -0.1) is 0 Å². The van der Waals surface area contributed by atoms with Gasteiger partial charge in [0.2, 0.25) is 5.91 Å². The highest BCUT2D eigenvalue weighted by atomic mass is 16.2. The molecule has 28 heavy (non-hydrogen) atoms. The Morgan fingerprint density at radius 1 is 1.00 bits per heavy atom. The van der Waals surface area contributed by atoms with E-state index in [0.717, 1.165) is 0 Å². The van der Waals surface area contributed by atoms with Crippen LogP contribution in [0.1, 0.15) is 17.4 Å². The van der Waals surface area contributed by atoms with Crippen molar-refractivity contribution in [3.8, 4) is 0 Å². The van der Waals surface area contributed by atoms with Crippen molar-refractivity contribution in [3.05, 3.63) is 70.8 Å². The molecule has 2 N–H and O–H groups in total. The van der Waals surface area contributed by atoms with Crippen molar-refractivity contribution >= 4 is 39.9 Å². The van der Waals surface area contributed by atoms with Crippen LogP contribution in [0.15, 0.2) is 59.5 Å². The van der Waals surface area contributed by atoms with Crippen LogP contribution in [0, 0.1) is 0 Å². The lowest BCUT2D eigenvalue weighted by Crippen LogP contribution is -2.16. The van der Waals surface area contributed by atoms with Crippen LogP contribution in [0.2, 0.25) is 0 Å². The molecule has 0 aliphatic heterocycles. The van der Waals surface area contributed by atoms with Gasteiger partial charge in [-0.2, -0.15) is 0 Å². The van der Waals surface area contributed by atoms with E-state index in [4.69, 9.17) is 0 Å². The minimum atomic E-state index is -0.360. The van der Waals surface area contributed by atoms with Crippen molar-refractivity contribution in [3.63, 3.8) is 0 Å². The second-order valence-electron chi connectivity index (χ2n) is 6.38. The molecule has 0 aliphatic rings. The Hall–Kier alpha value is -3.94. The zero-order valence-corrected chi connectivity index (χ0v) is 15.3. The highest BCUT2D eigenvalue weighted by molar-refractivity contribution is 6.06. The first-order chi connectivity index (χ1) is 13.4. The van der Waals surface area contributed by atoms with Gasteiger partial charge in [-0.3, -0.25) is 18.8 Å². The molecule has 0 radical (unpaired) electrons. The van der Waals surface area contributed by atoms with Gasteiger partial charge in [-0.25, -0.2) is 4.98 Å². The van der Waals surface area contributed by atoms with E-state index in [0.29, 0.717) is 33.7 Å². The molecule has 8 nitrogen and oxygen atoms in total. The smallest absolute Gasteiger partial charge is 0.272 e. The van der Waals surface area contributed by atoms with Crippen LogP contribution >= 0.6 is 0 Å². The topological polar surface area (TPSA) is 97.5 Å². The SMILES string of the molecule is CC(=O)Nc1ccc(NC(=O)c2cc3c(=O)n4ccccc4nc3n2C)cc1. The molecule has 0 fully saturated rings. The quantitative estimate of drug-likeness (QED) is 0.574. The van der Waals surface area contributed by atoms with Gasteiger partial charge in [0.1, 0.15) is 17.0 Å². The molecule has 4 rings (SSSR count). The molecule has 0 saturated carbocycles. The summed E-state index contributed by atoms with van der Waals surface area (Å²) in [7, 11) is 1.70. The number of amides is 2. The zero-order valence-electron chi connectivity index (χ0n) is 15.3. The molecular weight excluding hydrogens is 358 g/mol. The van der Waals surface area contributed by atoms with Crippen LogP contribution in [0.25, 0.3) is 16.7 Å². The number of hydrogen-bond acceptors (Lipinski definition) is 4. The Kier molecular flexibility index (Phi) is 4.15. The van der Waals surface area contributed by atoms with Gasteiger partial charge < -0.3 is 15.2 Å². The third-order valence-corrected chi connectivity index (χ3v) is 4.40. The molecule has 8 heteroatoms. The van der Waals surface area contributed by atoms with Gasteiger partial charge >= 0.3 is 0 Å². The van der Waals surface area contributed by atoms with E-state index in [1.165, 1.54) is 11.3 Å². The predicted molar refractivity (Wildman–Crippen MR) is 107 cm³/mol. The number of anilines is 2. The Bertz CT molecular complexity index is 1290. The molecule has 2 amide bonds. The van der Waals surface area contributed by atoms with Crippen molar-refractivity contribution in [2.24, 2.45) is 7.05 Å². The van der Waals surface area contributed by atoms with E-state index in [1.54, 1.807) is 66.3 Å². The number of rotatable bonds is 3. The van der Waals surface area contributed by atoms with Crippen molar-refractivity contribution < 1.29 is 9.59 Å². The maximum absolute atomic E-state index is 12.7. The molecule has 0 saturated heterocycles. The normalized spacial score (nSPS) is 10.9. The Labute approximate surface area is 159 Å². The van der Waals surface area contributed by atoms with E-state index in [9.17, 15) is 14.4 Å². The Morgan fingerprint density at radius 3 is 2.36 bits per heavy atom. The van der Waals surface area contributed by atoms with Crippen LogP contribution in [-0.4, -0.2) is 25.8 Å². The summed E-state index contributed by atoms with van der Waals surface area (Å²) >= 11 is 0.